The van der Waals surface area contributed by atoms with Crippen molar-refractivity contribution in [3.63, 3.8) is 0 Å². The molecule has 1 aromatic rings. The van der Waals surface area contributed by atoms with E-state index in [-0.39, 0.29) is 0 Å². The third kappa shape index (κ3) is 3.12. The summed E-state index contributed by atoms with van der Waals surface area (Å²) in [6, 6.07) is 4.92. The molecule has 1 aliphatic carbocycles. The van der Waals surface area contributed by atoms with Gasteiger partial charge in [0.05, 0.1) is 5.56 Å². The average Bonchev–Trinajstić information content (AvgIpc) is 2.88. The highest BCUT2D eigenvalue weighted by Gasteiger charge is 2.26. The normalized spacial score (nSPS) is 15.6. The molecular formula is C17H25N3. The van der Waals surface area contributed by atoms with Gasteiger partial charge in [-0.2, -0.15) is 5.26 Å². The molecule has 0 atom stereocenters. The standard InChI is InChI=1S/C17H25N3/c1-12(2)11-20(15-7-5-6-8-15)17-16(10-18)13(3)9-14(4)19-17/h9,12,15H,5-8,11H2,1-4H3. The average molecular weight is 271 g/mol. The highest BCUT2D eigenvalue weighted by atomic mass is 15.2. The van der Waals surface area contributed by atoms with Crippen LogP contribution in [0.5, 0.6) is 0 Å². The van der Waals surface area contributed by atoms with Crippen LogP contribution in [-0.4, -0.2) is 17.6 Å². The molecule has 20 heavy (non-hydrogen) atoms. The van der Waals surface area contributed by atoms with Crippen molar-refractivity contribution < 1.29 is 0 Å². The molecule has 0 spiro atoms. The van der Waals surface area contributed by atoms with E-state index in [0.29, 0.717) is 12.0 Å². The van der Waals surface area contributed by atoms with Crippen molar-refractivity contribution in [1.82, 2.24) is 4.98 Å². The summed E-state index contributed by atoms with van der Waals surface area (Å²) in [7, 11) is 0. The topological polar surface area (TPSA) is 39.9 Å². The second-order valence-electron chi connectivity index (χ2n) is 6.38. The minimum atomic E-state index is 0.554. The zero-order chi connectivity index (χ0) is 14.7. The first kappa shape index (κ1) is 14.8. The number of hydrogen-bond acceptors (Lipinski definition) is 3. The minimum Gasteiger partial charge on any atom is -0.352 e. The van der Waals surface area contributed by atoms with E-state index in [0.717, 1.165) is 29.2 Å². The molecule has 1 heterocycles. The van der Waals surface area contributed by atoms with Crippen molar-refractivity contribution in [2.24, 2.45) is 5.92 Å². The summed E-state index contributed by atoms with van der Waals surface area (Å²) in [6.45, 7) is 9.47. The van der Waals surface area contributed by atoms with Crippen molar-refractivity contribution in [1.29, 1.82) is 5.26 Å². The summed E-state index contributed by atoms with van der Waals surface area (Å²) in [6.07, 6.45) is 5.05. The van der Waals surface area contributed by atoms with Crippen molar-refractivity contribution >= 4 is 5.82 Å². The Balaban J connectivity index is 2.44. The molecule has 1 aromatic heterocycles. The summed E-state index contributed by atoms with van der Waals surface area (Å²) in [5.41, 5.74) is 2.80. The molecule has 108 valence electrons. The van der Waals surface area contributed by atoms with Crippen molar-refractivity contribution in [2.75, 3.05) is 11.4 Å². The van der Waals surface area contributed by atoms with Gasteiger partial charge in [0.1, 0.15) is 11.9 Å². The van der Waals surface area contributed by atoms with E-state index in [4.69, 9.17) is 4.98 Å². The molecule has 0 amide bonds. The molecule has 1 fully saturated rings. The first-order valence-corrected chi connectivity index (χ1v) is 7.68. The van der Waals surface area contributed by atoms with Gasteiger partial charge < -0.3 is 4.90 Å². The molecule has 1 aliphatic rings. The lowest BCUT2D eigenvalue weighted by Gasteiger charge is -2.33. The second kappa shape index (κ2) is 6.26. The van der Waals surface area contributed by atoms with Gasteiger partial charge in [-0.3, -0.25) is 0 Å². The van der Waals surface area contributed by atoms with Crippen LogP contribution in [0, 0.1) is 31.1 Å². The molecule has 3 nitrogen and oxygen atoms in total. The van der Waals surface area contributed by atoms with Crippen LogP contribution < -0.4 is 4.90 Å². The van der Waals surface area contributed by atoms with Crippen LogP contribution in [0.25, 0.3) is 0 Å². The number of aromatic nitrogens is 1. The van der Waals surface area contributed by atoms with Gasteiger partial charge in [0.15, 0.2) is 0 Å². The zero-order valence-corrected chi connectivity index (χ0v) is 13.1. The van der Waals surface area contributed by atoms with Crippen LogP contribution in [0.3, 0.4) is 0 Å². The molecular weight excluding hydrogens is 246 g/mol. The van der Waals surface area contributed by atoms with E-state index in [1.54, 1.807) is 0 Å². The van der Waals surface area contributed by atoms with E-state index >= 15 is 0 Å². The third-order valence-electron chi connectivity index (χ3n) is 4.04. The Hall–Kier alpha value is -1.56. The zero-order valence-electron chi connectivity index (χ0n) is 13.1. The van der Waals surface area contributed by atoms with Crippen LogP contribution >= 0.6 is 0 Å². The van der Waals surface area contributed by atoms with E-state index in [9.17, 15) is 5.26 Å². The van der Waals surface area contributed by atoms with Gasteiger partial charge in [0, 0.05) is 18.3 Å². The van der Waals surface area contributed by atoms with Crippen LogP contribution in [0.2, 0.25) is 0 Å². The fraction of sp³-hybridized carbons (Fsp3) is 0.647. The molecule has 0 aliphatic heterocycles. The predicted octanol–water partition coefficient (Wildman–Crippen LogP) is 3.98. The van der Waals surface area contributed by atoms with Crippen molar-refractivity contribution in [2.45, 2.75) is 59.4 Å². The molecule has 2 rings (SSSR count). The van der Waals surface area contributed by atoms with E-state index in [1.807, 2.05) is 19.9 Å². The summed E-state index contributed by atoms with van der Waals surface area (Å²) in [5, 5.41) is 9.50. The Morgan fingerprint density at radius 2 is 2.00 bits per heavy atom. The van der Waals surface area contributed by atoms with Crippen LogP contribution in [0.15, 0.2) is 6.07 Å². The van der Waals surface area contributed by atoms with E-state index in [2.05, 4.69) is 24.8 Å². The fourth-order valence-electron chi connectivity index (χ4n) is 3.18. The van der Waals surface area contributed by atoms with Gasteiger partial charge in [-0.05, 0) is 44.2 Å². The van der Waals surface area contributed by atoms with Gasteiger partial charge in [0.25, 0.3) is 0 Å². The summed E-state index contributed by atoms with van der Waals surface area (Å²) >= 11 is 0. The Morgan fingerprint density at radius 3 is 2.55 bits per heavy atom. The molecule has 0 bridgehead atoms. The third-order valence-corrected chi connectivity index (χ3v) is 4.04. The number of rotatable bonds is 4. The van der Waals surface area contributed by atoms with E-state index in [1.165, 1.54) is 25.7 Å². The SMILES string of the molecule is Cc1cc(C)c(C#N)c(N(CC(C)C)C2CCCC2)n1. The molecule has 0 N–H and O–H groups in total. The number of aryl methyl sites for hydroxylation is 2. The molecule has 0 radical (unpaired) electrons. The number of anilines is 1. The number of pyridine rings is 1. The predicted molar refractivity (Wildman–Crippen MR) is 82.9 cm³/mol. The first-order chi connectivity index (χ1) is 9.52. The fourth-order valence-corrected chi connectivity index (χ4v) is 3.18. The van der Waals surface area contributed by atoms with Gasteiger partial charge in [0.2, 0.25) is 0 Å². The summed E-state index contributed by atoms with van der Waals surface area (Å²) < 4.78 is 0. The largest absolute Gasteiger partial charge is 0.352 e. The molecule has 1 saturated carbocycles. The Bertz CT molecular complexity index is 508. The Labute approximate surface area is 122 Å². The smallest absolute Gasteiger partial charge is 0.147 e. The lowest BCUT2D eigenvalue weighted by atomic mass is 10.1. The minimum absolute atomic E-state index is 0.554. The summed E-state index contributed by atoms with van der Waals surface area (Å²) in [4.78, 5) is 7.11. The highest BCUT2D eigenvalue weighted by Crippen LogP contribution is 2.31. The maximum Gasteiger partial charge on any atom is 0.147 e. The molecule has 3 heteroatoms. The van der Waals surface area contributed by atoms with Gasteiger partial charge >= 0.3 is 0 Å². The van der Waals surface area contributed by atoms with Crippen LogP contribution in [0.4, 0.5) is 5.82 Å². The number of nitriles is 1. The summed E-state index contributed by atoms with van der Waals surface area (Å²) in [5.74, 6) is 1.48. The van der Waals surface area contributed by atoms with E-state index < -0.39 is 0 Å². The van der Waals surface area contributed by atoms with Crippen molar-refractivity contribution in [3.05, 3.63) is 22.9 Å². The Kier molecular flexibility index (Phi) is 4.65. The van der Waals surface area contributed by atoms with Gasteiger partial charge in [-0.1, -0.05) is 26.7 Å². The maximum absolute atomic E-state index is 9.50. The van der Waals surface area contributed by atoms with Crippen molar-refractivity contribution in [3.8, 4) is 6.07 Å². The molecule has 0 aromatic carbocycles. The highest BCUT2D eigenvalue weighted by molar-refractivity contribution is 5.58. The molecule has 0 unspecified atom stereocenters. The Morgan fingerprint density at radius 1 is 1.35 bits per heavy atom. The maximum atomic E-state index is 9.50. The molecule has 0 saturated heterocycles. The number of nitrogens with zero attached hydrogens (tertiary/aromatic N) is 3. The lowest BCUT2D eigenvalue weighted by molar-refractivity contribution is 0.530. The second-order valence-corrected chi connectivity index (χ2v) is 6.38. The van der Waals surface area contributed by atoms with Crippen LogP contribution in [-0.2, 0) is 0 Å². The lowest BCUT2D eigenvalue weighted by Crippen LogP contribution is -2.37. The monoisotopic (exact) mass is 271 g/mol. The van der Waals surface area contributed by atoms with Gasteiger partial charge in [-0.15, -0.1) is 0 Å². The van der Waals surface area contributed by atoms with Gasteiger partial charge in [-0.25, -0.2) is 4.98 Å². The number of hydrogen-bond donors (Lipinski definition) is 0. The first-order valence-electron chi connectivity index (χ1n) is 7.68. The van der Waals surface area contributed by atoms with Crippen LogP contribution in [0.1, 0.15) is 56.4 Å². The quantitative estimate of drug-likeness (QED) is 0.831.